The lowest BCUT2D eigenvalue weighted by Gasteiger charge is -2.43. The fourth-order valence-corrected chi connectivity index (χ4v) is 4.08. The van der Waals surface area contributed by atoms with E-state index >= 15 is 0 Å². The van der Waals surface area contributed by atoms with Gasteiger partial charge in [-0.2, -0.15) is 0 Å². The van der Waals surface area contributed by atoms with Gasteiger partial charge in [0, 0.05) is 6.04 Å². The highest BCUT2D eigenvalue weighted by atomic mass is 79.9. The van der Waals surface area contributed by atoms with Gasteiger partial charge in [0.2, 0.25) is 0 Å². The molecule has 3 rings (SSSR count). The first-order valence-corrected chi connectivity index (χ1v) is 9.97. The van der Waals surface area contributed by atoms with E-state index in [0.29, 0.717) is 0 Å². The Morgan fingerprint density at radius 3 is 2.56 bits per heavy atom. The summed E-state index contributed by atoms with van der Waals surface area (Å²) in [5, 5.41) is 0. The fraction of sp³-hybridized carbons (Fsp3) is 0.409. The normalized spacial score (nSPS) is 16.6. The summed E-state index contributed by atoms with van der Waals surface area (Å²) in [5.74, 6) is 0.778. The molecule has 0 saturated carbocycles. The Labute approximate surface area is 169 Å². The molecule has 0 aromatic heterocycles. The van der Waals surface area contributed by atoms with Gasteiger partial charge in [-0.15, -0.1) is 0 Å². The van der Waals surface area contributed by atoms with E-state index in [4.69, 9.17) is 9.47 Å². The summed E-state index contributed by atoms with van der Waals surface area (Å²) in [6.45, 7) is 6.76. The zero-order valence-electron chi connectivity index (χ0n) is 16.3. The van der Waals surface area contributed by atoms with Crippen LogP contribution in [0.2, 0.25) is 0 Å². The standard InChI is InChI=1S/C22H26BrNO3/c1-22(2,3)20-11-10-16-12-19(26-4)17(23)13-18(16)24(20)21(25)27-14-15-8-6-5-7-9-15/h5-9,12-13,20H,10-11,14H2,1-4H3. The Kier molecular flexibility index (Phi) is 5.80. The van der Waals surface area contributed by atoms with Crippen LogP contribution in [0.1, 0.15) is 38.3 Å². The van der Waals surface area contributed by atoms with E-state index in [9.17, 15) is 4.79 Å². The van der Waals surface area contributed by atoms with Crippen molar-refractivity contribution in [2.24, 2.45) is 5.41 Å². The molecule has 1 amide bonds. The van der Waals surface area contributed by atoms with Crippen LogP contribution < -0.4 is 9.64 Å². The highest BCUT2D eigenvalue weighted by molar-refractivity contribution is 9.10. The molecular formula is C22H26BrNO3. The molecular weight excluding hydrogens is 406 g/mol. The van der Waals surface area contributed by atoms with E-state index in [1.165, 1.54) is 0 Å². The molecule has 0 bridgehead atoms. The van der Waals surface area contributed by atoms with Crippen LogP contribution in [-0.2, 0) is 17.8 Å². The number of rotatable bonds is 3. The van der Waals surface area contributed by atoms with Crippen molar-refractivity contribution in [3.05, 3.63) is 58.1 Å². The zero-order valence-corrected chi connectivity index (χ0v) is 17.9. The maximum Gasteiger partial charge on any atom is 0.414 e. The number of benzene rings is 2. The SMILES string of the molecule is COc1cc2c(cc1Br)N(C(=O)OCc1ccccc1)C(C(C)(C)C)CC2. The average molecular weight is 432 g/mol. The Balaban J connectivity index is 1.93. The van der Waals surface area contributed by atoms with Crippen molar-refractivity contribution in [1.82, 2.24) is 0 Å². The topological polar surface area (TPSA) is 38.8 Å². The van der Waals surface area contributed by atoms with Crippen molar-refractivity contribution in [2.75, 3.05) is 12.0 Å². The van der Waals surface area contributed by atoms with Crippen LogP contribution in [0.4, 0.5) is 10.5 Å². The molecule has 1 unspecified atom stereocenters. The third-order valence-electron chi connectivity index (χ3n) is 5.01. The van der Waals surface area contributed by atoms with Gasteiger partial charge in [0.1, 0.15) is 12.4 Å². The molecule has 144 valence electrons. The molecule has 0 spiro atoms. The summed E-state index contributed by atoms with van der Waals surface area (Å²) in [7, 11) is 1.65. The van der Waals surface area contributed by atoms with E-state index in [-0.39, 0.29) is 24.2 Å². The molecule has 1 aliphatic rings. The van der Waals surface area contributed by atoms with E-state index in [1.54, 1.807) is 7.11 Å². The number of ether oxygens (including phenoxy) is 2. The first-order chi connectivity index (χ1) is 12.8. The second-order valence-electron chi connectivity index (χ2n) is 7.95. The number of fused-ring (bicyclic) bond motifs is 1. The predicted octanol–water partition coefficient (Wildman–Crippen LogP) is 5.96. The Morgan fingerprint density at radius 2 is 1.93 bits per heavy atom. The number of carbonyl (C=O) groups is 1. The first-order valence-electron chi connectivity index (χ1n) is 9.17. The van der Waals surface area contributed by atoms with Gasteiger partial charge in [0.25, 0.3) is 0 Å². The number of aryl methyl sites for hydroxylation is 1. The Hall–Kier alpha value is -2.01. The van der Waals surface area contributed by atoms with Gasteiger partial charge < -0.3 is 9.47 Å². The monoisotopic (exact) mass is 431 g/mol. The Bertz CT molecular complexity index is 814. The molecule has 0 N–H and O–H groups in total. The second-order valence-corrected chi connectivity index (χ2v) is 8.80. The van der Waals surface area contributed by atoms with Crippen LogP contribution in [0, 0.1) is 5.41 Å². The van der Waals surface area contributed by atoms with Gasteiger partial charge in [-0.25, -0.2) is 4.79 Å². The van der Waals surface area contributed by atoms with Gasteiger partial charge in [0.15, 0.2) is 0 Å². The van der Waals surface area contributed by atoms with Crippen LogP contribution >= 0.6 is 15.9 Å². The summed E-state index contributed by atoms with van der Waals surface area (Å²) in [6.07, 6.45) is 1.49. The lowest BCUT2D eigenvalue weighted by atomic mass is 9.79. The van der Waals surface area contributed by atoms with Gasteiger partial charge >= 0.3 is 6.09 Å². The van der Waals surface area contributed by atoms with Crippen molar-refractivity contribution >= 4 is 27.7 Å². The minimum absolute atomic E-state index is 0.0597. The van der Waals surface area contributed by atoms with E-state index in [1.807, 2.05) is 47.4 Å². The lowest BCUT2D eigenvalue weighted by molar-refractivity contribution is 0.136. The van der Waals surface area contributed by atoms with Crippen LogP contribution in [0.25, 0.3) is 0 Å². The molecule has 1 aliphatic heterocycles. The average Bonchev–Trinajstić information content (AvgIpc) is 2.64. The molecule has 2 aromatic rings. The number of anilines is 1. The molecule has 5 heteroatoms. The number of hydrogen-bond donors (Lipinski definition) is 0. The van der Waals surface area contributed by atoms with Crippen LogP contribution in [-0.4, -0.2) is 19.2 Å². The zero-order chi connectivity index (χ0) is 19.6. The smallest absolute Gasteiger partial charge is 0.414 e. The van der Waals surface area contributed by atoms with Crippen molar-refractivity contribution in [3.8, 4) is 5.75 Å². The minimum atomic E-state index is -0.309. The van der Waals surface area contributed by atoms with Gasteiger partial charge in [0.05, 0.1) is 17.3 Å². The molecule has 1 heterocycles. The summed E-state index contributed by atoms with van der Waals surface area (Å²) < 4.78 is 11.9. The van der Waals surface area contributed by atoms with E-state index in [2.05, 4.69) is 36.7 Å². The third kappa shape index (κ3) is 4.29. The second kappa shape index (κ2) is 7.93. The molecule has 1 atom stereocenters. The molecule has 27 heavy (non-hydrogen) atoms. The number of hydrogen-bond acceptors (Lipinski definition) is 3. The molecule has 2 aromatic carbocycles. The maximum atomic E-state index is 13.1. The number of methoxy groups -OCH3 is 1. The third-order valence-corrected chi connectivity index (χ3v) is 5.63. The van der Waals surface area contributed by atoms with Gasteiger partial charge in [-0.1, -0.05) is 51.1 Å². The fourth-order valence-electron chi connectivity index (χ4n) is 3.59. The Morgan fingerprint density at radius 1 is 1.22 bits per heavy atom. The number of amides is 1. The highest BCUT2D eigenvalue weighted by Crippen LogP contribution is 2.42. The van der Waals surface area contributed by atoms with Crippen LogP contribution in [0.15, 0.2) is 46.9 Å². The minimum Gasteiger partial charge on any atom is -0.496 e. The molecule has 0 saturated heterocycles. The van der Waals surface area contributed by atoms with Crippen molar-refractivity contribution in [2.45, 2.75) is 46.3 Å². The van der Waals surface area contributed by atoms with E-state index in [0.717, 1.165) is 39.9 Å². The number of halogens is 1. The molecule has 0 aliphatic carbocycles. The van der Waals surface area contributed by atoms with E-state index < -0.39 is 0 Å². The largest absolute Gasteiger partial charge is 0.496 e. The quantitative estimate of drug-likeness (QED) is 0.601. The van der Waals surface area contributed by atoms with Gasteiger partial charge in [-0.3, -0.25) is 4.90 Å². The maximum absolute atomic E-state index is 13.1. The summed E-state index contributed by atoms with van der Waals surface area (Å²) in [4.78, 5) is 14.9. The molecule has 0 radical (unpaired) electrons. The molecule has 4 nitrogen and oxygen atoms in total. The van der Waals surface area contributed by atoms with Crippen molar-refractivity contribution in [3.63, 3.8) is 0 Å². The van der Waals surface area contributed by atoms with Crippen LogP contribution in [0.3, 0.4) is 0 Å². The lowest BCUT2D eigenvalue weighted by Crippen LogP contribution is -2.50. The predicted molar refractivity (Wildman–Crippen MR) is 111 cm³/mol. The summed E-state index contributed by atoms with van der Waals surface area (Å²) >= 11 is 3.55. The van der Waals surface area contributed by atoms with Crippen molar-refractivity contribution in [1.29, 1.82) is 0 Å². The molecule has 0 fully saturated rings. The summed E-state index contributed by atoms with van der Waals surface area (Å²) in [6, 6.07) is 13.8. The van der Waals surface area contributed by atoms with Gasteiger partial charge in [-0.05, 0) is 57.4 Å². The number of carbonyl (C=O) groups excluding carboxylic acids is 1. The number of nitrogens with zero attached hydrogens (tertiary/aromatic N) is 1. The first kappa shape index (κ1) is 19.7. The highest BCUT2D eigenvalue weighted by Gasteiger charge is 2.39. The van der Waals surface area contributed by atoms with Crippen LogP contribution in [0.5, 0.6) is 5.75 Å². The summed E-state index contributed by atoms with van der Waals surface area (Å²) in [5.41, 5.74) is 2.92. The van der Waals surface area contributed by atoms with Crippen molar-refractivity contribution < 1.29 is 14.3 Å².